The highest BCUT2D eigenvalue weighted by molar-refractivity contribution is 5.77. The number of rotatable bonds is 9. The van der Waals surface area contributed by atoms with E-state index in [0.29, 0.717) is 37.6 Å². The van der Waals surface area contributed by atoms with E-state index < -0.39 is 11.6 Å². The van der Waals surface area contributed by atoms with Crippen LogP contribution in [0.25, 0.3) is 0 Å². The maximum absolute atomic E-state index is 12.8. The monoisotopic (exact) mass is 482 g/mol. The van der Waals surface area contributed by atoms with Crippen molar-refractivity contribution in [3.63, 3.8) is 0 Å². The number of benzene rings is 2. The van der Waals surface area contributed by atoms with Gasteiger partial charge in [-0.05, 0) is 61.1 Å². The second kappa shape index (κ2) is 10.2. The van der Waals surface area contributed by atoms with Gasteiger partial charge in [-0.1, -0.05) is 45.0 Å². The number of ether oxygens (including phenoxy) is 2. The average Bonchev–Trinajstić information content (AvgIpc) is 3.03. The van der Waals surface area contributed by atoms with E-state index in [2.05, 4.69) is 45.0 Å². The normalized spacial score (nSPS) is 16.5. The predicted molar refractivity (Wildman–Crippen MR) is 136 cm³/mol. The molecular weight excluding hydrogens is 444 g/mol. The number of carbonyl (C=O) groups excluding carboxylic acids is 1. The number of carbonyl (C=O) groups is 2. The zero-order valence-electron chi connectivity index (χ0n) is 21.9. The summed E-state index contributed by atoms with van der Waals surface area (Å²) in [5.74, 6) is 0.172. The molecule has 1 heterocycles. The van der Waals surface area contributed by atoms with Crippen molar-refractivity contribution in [3.8, 4) is 11.5 Å². The van der Waals surface area contributed by atoms with E-state index in [1.54, 1.807) is 17.0 Å². The van der Waals surface area contributed by atoms with Crippen molar-refractivity contribution in [2.75, 3.05) is 20.2 Å². The minimum absolute atomic E-state index is 0.0355. The number of carboxylic acid groups (broad SMARTS) is 1. The van der Waals surface area contributed by atoms with Gasteiger partial charge in [0.1, 0.15) is 11.5 Å². The summed E-state index contributed by atoms with van der Waals surface area (Å²) >= 11 is 0. The smallest absolute Gasteiger partial charge is 0.347 e. The lowest BCUT2D eigenvalue weighted by Crippen LogP contribution is -2.38. The number of carboxylic acids is 1. The summed E-state index contributed by atoms with van der Waals surface area (Å²) in [5.41, 5.74) is 2.00. The molecule has 1 N–H and O–H groups in total. The standard InChI is InChI=1S/C28H38N2O5/c1-19-16-23(12-13-24(19)35-28(5,6)25(31)32)34-15-14-22-18-30(26(33)29(22)7)17-20-8-10-21(11-9-20)27(2,3)4/h8-13,16,22H,14-15,17-18H2,1-7H3,(H,31,32). The van der Waals surface area contributed by atoms with Crippen molar-refractivity contribution in [2.24, 2.45) is 0 Å². The fraction of sp³-hybridized carbons (Fsp3) is 0.500. The van der Waals surface area contributed by atoms with Gasteiger partial charge in [-0.3, -0.25) is 0 Å². The van der Waals surface area contributed by atoms with Crippen LogP contribution in [0.1, 0.15) is 57.7 Å². The van der Waals surface area contributed by atoms with Gasteiger partial charge in [0.15, 0.2) is 5.60 Å². The van der Waals surface area contributed by atoms with Crippen LogP contribution < -0.4 is 9.47 Å². The fourth-order valence-electron chi connectivity index (χ4n) is 4.04. The Hall–Kier alpha value is -3.22. The lowest BCUT2D eigenvalue weighted by atomic mass is 9.87. The van der Waals surface area contributed by atoms with Crippen LogP contribution >= 0.6 is 0 Å². The highest BCUT2D eigenvalue weighted by atomic mass is 16.5. The van der Waals surface area contributed by atoms with E-state index in [4.69, 9.17) is 9.47 Å². The van der Waals surface area contributed by atoms with Crippen molar-refractivity contribution >= 4 is 12.0 Å². The minimum atomic E-state index is -1.31. The number of urea groups is 1. The maximum atomic E-state index is 12.8. The molecule has 0 spiro atoms. The first kappa shape index (κ1) is 26.4. The van der Waals surface area contributed by atoms with E-state index in [-0.39, 0.29) is 17.5 Å². The third kappa shape index (κ3) is 6.47. The molecule has 1 aliphatic rings. The molecule has 7 nitrogen and oxygen atoms in total. The Kier molecular flexibility index (Phi) is 7.68. The van der Waals surface area contributed by atoms with Crippen LogP contribution in [-0.4, -0.2) is 58.7 Å². The van der Waals surface area contributed by atoms with Crippen molar-refractivity contribution in [1.29, 1.82) is 0 Å². The molecule has 1 aliphatic heterocycles. The zero-order chi connectivity index (χ0) is 26.0. The Morgan fingerprint density at radius 3 is 2.31 bits per heavy atom. The summed E-state index contributed by atoms with van der Waals surface area (Å²) in [5, 5.41) is 9.27. The van der Waals surface area contributed by atoms with E-state index in [1.807, 2.05) is 24.9 Å². The highest BCUT2D eigenvalue weighted by Gasteiger charge is 2.34. The lowest BCUT2D eigenvalue weighted by Gasteiger charge is -2.23. The molecule has 35 heavy (non-hydrogen) atoms. The number of likely N-dealkylation sites (N-methyl/N-ethyl adjacent to an activating group) is 1. The molecule has 3 rings (SSSR count). The minimum Gasteiger partial charge on any atom is -0.494 e. The van der Waals surface area contributed by atoms with Gasteiger partial charge in [-0.25, -0.2) is 9.59 Å². The van der Waals surface area contributed by atoms with Crippen LogP contribution in [0.4, 0.5) is 4.79 Å². The summed E-state index contributed by atoms with van der Waals surface area (Å²) in [6, 6.07) is 14.0. The van der Waals surface area contributed by atoms with Crippen molar-refractivity contribution < 1.29 is 24.2 Å². The molecule has 2 aromatic carbocycles. The Morgan fingerprint density at radius 1 is 1.09 bits per heavy atom. The number of nitrogens with zero attached hydrogens (tertiary/aromatic N) is 2. The molecule has 0 aromatic heterocycles. The predicted octanol–water partition coefficient (Wildman–Crippen LogP) is 5.24. The summed E-state index contributed by atoms with van der Waals surface area (Å²) < 4.78 is 11.6. The number of hydrogen-bond donors (Lipinski definition) is 1. The number of aliphatic carboxylic acids is 1. The van der Waals surface area contributed by atoms with Crippen LogP contribution in [0.5, 0.6) is 11.5 Å². The van der Waals surface area contributed by atoms with Crippen LogP contribution in [0.2, 0.25) is 0 Å². The molecule has 0 bridgehead atoms. The molecule has 1 saturated heterocycles. The third-order valence-electron chi connectivity index (χ3n) is 6.49. The van der Waals surface area contributed by atoms with Gasteiger partial charge in [0.2, 0.25) is 0 Å². The molecule has 1 fully saturated rings. The van der Waals surface area contributed by atoms with Gasteiger partial charge in [0, 0.05) is 26.6 Å². The van der Waals surface area contributed by atoms with Crippen LogP contribution in [0, 0.1) is 6.92 Å². The number of aryl methyl sites for hydroxylation is 1. The van der Waals surface area contributed by atoms with Crippen LogP contribution in [0.15, 0.2) is 42.5 Å². The molecule has 1 atom stereocenters. The largest absolute Gasteiger partial charge is 0.494 e. The second-order valence-electron chi connectivity index (χ2n) is 10.9. The molecule has 1 unspecified atom stereocenters. The Balaban J connectivity index is 1.53. The topological polar surface area (TPSA) is 79.3 Å². The molecule has 0 radical (unpaired) electrons. The molecule has 190 valence electrons. The van der Waals surface area contributed by atoms with E-state index in [0.717, 1.165) is 11.1 Å². The van der Waals surface area contributed by atoms with Gasteiger partial charge in [0.05, 0.1) is 12.6 Å². The first-order chi connectivity index (χ1) is 16.3. The van der Waals surface area contributed by atoms with Crippen molar-refractivity contribution in [1.82, 2.24) is 9.80 Å². The number of amides is 2. The van der Waals surface area contributed by atoms with Gasteiger partial charge >= 0.3 is 12.0 Å². The second-order valence-corrected chi connectivity index (χ2v) is 10.9. The lowest BCUT2D eigenvalue weighted by molar-refractivity contribution is -0.152. The SMILES string of the molecule is Cc1cc(OCCC2CN(Cc3ccc(C(C)(C)C)cc3)C(=O)N2C)ccc1OC(C)(C)C(=O)O. The van der Waals surface area contributed by atoms with Gasteiger partial charge in [-0.2, -0.15) is 0 Å². The quantitative estimate of drug-likeness (QED) is 0.529. The first-order valence-corrected chi connectivity index (χ1v) is 12.0. The van der Waals surface area contributed by atoms with E-state index >= 15 is 0 Å². The average molecular weight is 483 g/mol. The highest BCUT2D eigenvalue weighted by Crippen LogP contribution is 2.28. The van der Waals surface area contributed by atoms with Crippen molar-refractivity contribution in [3.05, 3.63) is 59.2 Å². The zero-order valence-corrected chi connectivity index (χ0v) is 21.9. The summed E-state index contributed by atoms with van der Waals surface area (Å²) in [7, 11) is 1.84. The summed E-state index contributed by atoms with van der Waals surface area (Å²) in [6.45, 7) is 13.2. The molecule has 2 amide bonds. The van der Waals surface area contributed by atoms with Crippen LogP contribution in [0.3, 0.4) is 0 Å². The van der Waals surface area contributed by atoms with E-state index in [9.17, 15) is 14.7 Å². The maximum Gasteiger partial charge on any atom is 0.347 e. The third-order valence-corrected chi connectivity index (χ3v) is 6.49. The number of hydrogen-bond acceptors (Lipinski definition) is 4. The Morgan fingerprint density at radius 2 is 1.74 bits per heavy atom. The molecule has 0 saturated carbocycles. The van der Waals surface area contributed by atoms with Crippen LogP contribution in [-0.2, 0) is 16.8 Å². The Bertz CT molecular complexity index is 1060. The van der Waals surface area contributed by atoms with Gasteiger partial charge < -0.3 is 24.4 Å². The van der Waals surface area contributed by atoms with Gasteiger partial charge in [0.25, 0.3) is 0 Å². The summed E-state index contributed by atoms with van der Waals surface area (Å²) in [4.78, 5) is 27.8. The Labute approximate surface area is 208 Å². The van der Waals surface area contributed by atoms with Crippen molar-refractivity contribution in [2.45, 2.75) is 71.6 Å². The molecule has 2 aromatic rings. The molecule has 7 heteroatoms. The first-order valence-electron chi connectivity index (χ1n) is 12.0. The fourth-order valence-corrected chi connectivity index (χ4v) is 4.04. The summed E-state index contributed by atoms with van der Waals surface area (Å²) in [6.07, 6.45) is 0.713. The van der Waals surface area contributed by atoms with E-state index in [1.165, 1.54) is 19.4 Å². The molecular formula is C28H38N2O5. The molecule has 0 aliphatic carbocycles. The van der Waals surface area contributed by atoms with Gasteiger partial charge in [-0.15, -0.1) is 0 Å².